The van der Waals surface area contributed by atoms with E-state index in [1.807, 2.05) is 6.92 Å². The van der Waals surface area contributed by atoms with Gasteiger partial charge in [-0.15, -0.1) is 0 Å². The minimum atomic E-state index is -0.552. The SMILES string of the molecule is COC(=O)c1ccc(Cl)c(NC(=O)Nc2cc(C)c(Cl)cc2OC)c1. The minimum absolute atomic E-state index is 0.266. The molecule has 2 aromatic rings. The van der Waals surface area contributed by atoms with Gasteiger partial charge in [-0.3, -0.25) is 0 Å². The van der Waals surface area contributed by atoms with E-state index < -0.39 is 12.0 Å². The van der Waals surface area contributed by atoms with Gasteiger partial charge in [-0.2, -0.15) is 0 Å². The van der Waals surface area contributed by atoms with Crippen LogP contribution < -0.4 is 15.4 Å². The fraction of sp³-hybridized carbons (Fsp3) is 0.176. The van der Waals surface area contributed by atoms with Gasteiger partial charge in [0.05, 0.1) is 36.2 Å². The summed E-state index contributed by atoms with van der Waals surface area (Å²) in [6.45, 7) is 1.81. The number of ether oxygens (including phenoxy) is 2. The normalized spacial score (nSPS) is 10.1. The Balaban J connectivity index is 2.21. The number of urea groups is 1. The summed E-state index contributed by atoms with van der Waals surface area (Å²) < 4.78 is 9.85. The van der Waals surface area contributed by atoms with E-state index in [2.05, 4.69) is 15.4 Å². The summed E-state index contributed by atoms with van der Waals surface area (Å²) in [5.74, 6) is -0.115. The number of esters is 1. The van der Waals surface area contributed by atoms with Crippen LogP contribution in [0.3, 0.4) is 0 Å². The van der Waals surface area contributed by atoms with E-state index in [1.165, 1.54) is 32.4 Å². The maximum Gasteiger partial charge on any atom is 0.337 e. The van der Waals surface area contributed by atoms with Gasteiger partial charge in [0.2, 0.25) is 0 Å². The summed E-state index contributed by atoms with van der Waals surface area (Å²) in [7, 11) is 2.74. The van der Waals surface area contributed by atoms with Gasteiger partial charge in [-0.1, -0.05) is 23.2 Å². The van der Waals surface area contributed by atoms with Crippen LogP contribution in [0.5, 0.6) is 5.75 Å². The van der Waals surface area contributed by atoms with Crippen molar-refractivity contribution in [2.45, 2.75) is 6.92 Å². The van der Waals surface area contributed by atoms with Gasteiger partial charge < -0.3 is 20.1 Å². The van der Waals surface area contributed by atoms with E-state index in [0.717, 1.165) is 5.56 Å². The number of carbonyl (C=O) groups is 2. The predicted octanol–water partition coefficient (Wildman–Crippen LogP) is 4.74. The molecule has 0 bridgehead atoms. The van der Waals surface area contributed by atoms with Crippen LogP contribution in [0.25, 0.3) is 0 Å². The first-order valence-electron chi connectivity index (χ1n) is 7.15. The van der Waals surface area contributed by atoms with Crippen LogP contribution in [0, 0.1) is 6.92 Å². The van der Waals surface area contributed by atoms with Crippen molar-refractivity contribution in [1.82, 2.24) is 0 Å². The number of rotatable bonds is 4. The zero-order valence-corrected chi connectivity index (χ0v) is 15.3. The Morgan fingerprint density at radius 3 is 2.28 bits per heavy atom. The number of hydrogen-bond acceptors (Lipinski definition) is 4. The molecule has 0 saturated heterocycles. The summed E-state index contributed by atoms with van der Waals surface area (Å²) in [5.41, 5.74) is 1.76. The molecule has 0 atom stereocenters. The average Bonchev–Trinajstić information content (AvgIpc) is 2.59. The number of halogens is 2. The van der Waals surface area contributed by atoms with Crippen molar-refractivity contribution in [2.75, 3.05) is 24.9 Å². The third-order valence-corrected chi connectivity index (χ3v) is 4.10. The zero-order valence-electron chi connectivity index (χ0n) is 13.8. The topological polar surface area (TPSA) is 76.7 Å². The smallest absolute Gasteiger partial charge is 0.337 e. The van der Waals surface area contributed by atoms with Crippen molar-refractivity contribution in [1.29, 1.82) is 0 Å². The van der Waals surface area contributed by atoms with Gasteiger partial charge in [0.1, 0.15) is 5.75 Å². The van der Waals surface area contributed by atoms with Crippen molar-refractivity contribution in [3.63, 3.8) is 0 Å². The summed E-state index contributed by atoms with van der Waals surface area (Å²) in [6, 6.07) is 7.17. The van der Waals surface area contributed by atoms with E-state index in [9.17, 15) is 9.59 Å². The molecule has 6 nitrogen and oxygen atoms in total. The van der Waals surface area contributed by atoms with Crippen LogP contribution in [-0.2, 0) is 4.74 Å². The van der Waals surface area contributed by atoms with E-state index in [0.29, 0.717) is 16.5 Å². The highest BCUT2D eigenvalue weighted by molar-refractivity contribution is 6.34. The number of methoxy groups -OCH3 is 2. The second kappa shape index (κ2) is 8.09. The molecule has 2 aromatic carbocycles. The fourth-order valence-electron chi connectivity index (χ4n) is 2.07. The summed E-state index contributed by atoms with van der Waals surface area (Å²) >= 11 is 12.1. The number of nitrogens with one attached hydrogen (secondary N) is 2. The standard InChI is InChI=1S/C17H16Cl2N2O4/c1-9-6-14(15(24-2)8-12(9)19)21-17(23)20-13-7-10(16(22)25-3)4-5-11(13)18/h4-8H,1-3H3,(H2,20,21,23). The number of anilines is 2. The van der Waals surface area contributed by atoms with Crippen LogP contribution in [0.1, 0.15) is 15.9 Å². The molecule has 0 fully saturated rings. The van der Waals surface area contributed by atoms with Crippen LogP contribution in [-0.4, -0.2) is 26.2 Å². The van der Waals surface area contributed by atoms with Gasteiger partial charge in [0, 0.05) is 11.1 Å². The lowest BCUT2D eigenvalue weighted by molar-refractivity contribution is 0.0600. The van der Waals surface area contributed by atoms with Gasteiger partial charge >= 0.3 is 12.0 Å². The molecule has 0 aromatic heterocycles. The average molecular weight is 383 g/mol. The molecule has 8 heteroatoms. The molecular weight excluding hydrogens is 367 g/mol. The van der Waals surface area contributed by atoms with E-state index in [1.54, 1.807) is 12.1 Å². The van der Waals surface area contributed by atoms with Gasteiger partial charge in [0.15, 0.2) is 0 Å². The monoisotopic (exact) mass is 382 g/mol. The van der Waals surface area contributed by atoms with Gasteiger partial charge in [0.25, 0.3) is 0 Å². The Morgan fingerprint density at radius 1 is 0.960 bits per heavy atom. The number of aryl methyl sites for hydroxylation is 1. The molecule has 0 saturated carbocycles. The molecule has 2 amide bonds. The Morgan fingerprint density at radius 2 is 1.64 bits per heavy atom. The van der Waals surface area contributed by atoms with Crippen LogP contribution in [0.15, 0.2) is 30.3 Å². The zero-order chi connectivity index (χ0) is 18.6. The van der Waals surface area contributed by atoms with Crippen LogP contribution >= 0.6 is 23.2 Å². The van der Waals surface area contributed by atoms with Crippen molar-refractivity contribution < 1.29 is 19.1 Å². The summed E-state index contributed by atoms with van der Waals surface area (Å²) in [4.78, 5) is 23.8. The lowest BCUT2D eigenvalue weighted by Gasteiger charge is -2.14. The van der Waals surface area contributed by atoms with Crippen LogP contribution in [0.4, 0.5) is 16.2 Å². The summed E-state index contributed by atoms with van der Waals surface area (Å²) in [5, 5.41) is 6.05. The molecule has 0 aliphatic carbocycles. The molecule has 2 N–H and O–H groups in total. The largest absolute Gasteiger partial charge is 0.495 e. The summed E-state index contributed by atoms with van der Waals surface area (Å²) in [6.07, 6.45) is 0. The molecule has 2 rings (SSSR count). The van der Waals surface area contributed by atoms with E-state index >= 15 is 0 Å². The molecular formula is C17H16Cl2N2O4. The molecule has 0 radical (unpaired) electrons. The third kappa shape index (κ3) is 4.55. The predicted molar refractivity (Wildman–Crippen MR) is 98.2 cm³/mol. The molecule has 25 heavy (non-hydrogen) atoms. The quantitative estimate of drug-likeness (QED) is 0.748. The first-order chi connectivity index (χ1) is 11.8. The second-order valence-electron chi connectivity index (χ2n) is 5.07. The number of carbonyl (C=O) groups excluding carboxylic acids is 2. The van der Waals surface area contributed by atoms with Gasteiger partial charge in [-0.05, 0) is 36.8 Å². The van der Waals surface area contributed by atoms with E-state index in [4.69, 9.17) is 27.9 Å². The number of amides is 2. The first kappa shape index (κ1) is 18.9. The Labute approximate surface area is 155 Å². The van der Waals surface area contributed by atoms with Crippen molar-refractivity contribution >= 4 is 46.6 Å². The molecule has 0 spiro atoms. The lowest BCUT2D eigenvalue weighted by atomic mass is 10.2. The number of hydrogen-bond donors (Lipinski definition) is 2. The minimum Gasteiger partial charge on any atom is -0.495 e. The van der Waals surface area contributed by atoms with E-state index in [-0.39, 0.29) is 16.3 Å². The second-order valence-corrected chi connectivity index (χ2v) is 5.88. The maximum atomic E-state index is 12.3. The molecule has 0 aliphatic heterocycles. The van der Waals surface area contributed by atoms with Gasteiger partial charge in [-0.25, -0.2) is 9.59 Å². The van der Waals surface area contributed by atoms with Crippen molar-refractivity contribution in [2.24, 2.45) is 0 Å². The van der Waals surface area contributed by atoms with Crippen molar-refractivity contribution in [3.05, 3.63) is 51.5 Å². The Bertz CT molecular complexity index is 825. The Kier molecular flexibility index (Phi) is 6.12. The lowest BCUT2D eigenvalue weighted by Crippen LogP contribution is -2.20. The molecule has 0 heterocycles. The highest BCUT2D eigenvalue weighted by Crippen LogP contribution is 2.31. The van der Waals surface area contributed by atoms with Crippen LogP contribution in [0.2, 0.25) is 10.0 Å². The van der Waals surface area contributed by atoms with Crippen molar-refractivity contribution in [3.8, 4) is 5.75 Å². The molecule has 132 valence electrons. The number of benzene rings is 2. The highest BCUT2D eigenvalue weighted by atomic mass is 35.5. The fourth-order valence-corrected chi connectivity index (χ4v) is 2.39. The highest BCUT2D eigenvalue weighted by Gasteiger charge is 2.14. The molecule has 0 aliphatic rings. The maximum absolute atomic E-state index is 12.3. The molecule has 0 unspecified atom stereocenters. The first-order valence-corrected chi connectivity index (χ1v) is 7.91. The Hall–Kier alpha value is -2.44. The third-order valence-electron chi connectivity index (χ3n) is 3.36.